The van der Waals surface area contributed by atoms with Crippen LogP contribution >= 0.6 is 23.2 Å². The number of rotatable bonds is 4. The fourth-order valence-corrected chi connectivity index (χ4v) is 2.16. The highest BCUT2D eigenvalue weighted by Crippen LogP contribution is 2.29. The second-order valence-electron chi connectivity index (χ2n) is 4.11. The lowest BCUT2D eigenvalue weighted by Gasteiger charge is -2.14. The number of ether oxygens (including phenoxy) is 1. The molecule has 1 N–H and O–H groups in total. The number of hydrogen-bond donors (Lipinski definition) is 1. The van der Waals surface area contributed by atoms with Gasteiger partial charge < -0.3 is 10.1 Å². The predicted molar refractivity (Wildman–Crippen MR) is 81.4 cm³/mol. The van der Waals surface area contributed by atoms with E-state index in [1.807, 2.05) is 18.2 Å². The van der Waals surface area contributed by atoms with Crippen molar-refractivity contribution in [1.29, 1.82) is 5.26 Å². The molecule has 20 heavy (non-hydrogen) atoms. The molecule has 0 heterocycles. The molecule has 0 spiro atoms. The van der Waals surface area contributed by atoms with Crippen LogP contribution in [0.3, 0.4) is 0 Å². The van der Waals surface area contributed by atoms with Crippen LogP contribution in [0.4, 0.5) is 5.69 Å². The Morgan fingerprint density at radius 3 is 2.40 bits per heavy atom. The highest BCUT2D eigenvalue weighted by atomic mass is 35.5. The number of anilines is 1. The summed E-state index contributed by atoms with van der Waals surface area (Å²) in [5, 5.41) is 13.5. The highest BCUT2D eigenvalue weighted by molar-refractivity contribution is 6.32. The Balaban J connectivity index is 2.22. The average molecular weight is 307 g/mol. The Labute approximate surface area is 127 Å². The molecular weight excluding hydrogens is 295 g/mol. The van der Waals surface area contributed by atoms with Gasteiger partial charge in [0.15, 0.2) is 0 Å². The summed E-state index contributed by atoms with van der Waals surface area (Å²) in [5.41, 5.74) is 1.58. The van der Waals surface area contributed by atoms with Crippen molar-refractivity contribution in [3.63, 3.8) is 0 Å². The van der Waals surface area contributed by atoms with E-state index in [2.05, 4.69) is 11.4 Å². The molecule has 5 heteroatoms. The largest absolute Gasteiger partial charge is 0.495 e. The standard InChI is InChI=1S/C15H12Cl2N2O/c1-20-15-7-2-10(8-13(15)17)14(9-18)19-12-5-3-11(16)4-6-12/h2-8,14,19H,1H3. The molecule has 1 unspecified atom stereocenters. The van der Waals surface area contributed by atoms with E-state index in [0.29, 0.717) is 15.8 Å². The van der Waals surface area contributed by atoms with Gasteiger partial charge in [-0.05, 0) is 42.0 Å². The first-order chi connectivity index (χ1) is 9.63. The molecule has 0 saturated heterocycles. The molecule has 0 radical (unpaired) electrons. The van der Waals surface area contributed by atoms with Crippen LogP contribution in [0.2, 0.25) is 10.0 Å². The van der Waals surface area contributed by atoms with Crippen molar-refractivity contribution in [3.8, 4) is 11.8 Å². The maximum absolute atomic E-state index is 9.30. The Morgan fingerprint density at radius 2 is 1.85 bits per heavy atom. The van der Waals surface area contributed by atoms with Crippen molar-refractivity contribution in [3.05, 3.63) is 58.1 Å². The highest BCUT2D eigenvalue weighted by Gasteiger charge is 2.12. The Bertz CT molecular complexity index is 635. The average Bonchev–Trinajstić information content (AvgIpc) is 2.46. The number of benzene rings is 2. The van der Waals surface area contributed by atoms with Crippen molar-refractivity contribution in [2.75, 3.05) is 12.4 Å². The van der Waals surface area contributed by atoms with Crippen molar-refractivity contribution in [2.45, 2.75) is 6.04 Å². The number of methoxy groups -OCH3 is 1. The first-order valence-corrected chi connectivity index (χ1v) is 6.65. The fourth-order valence-electron chi connectivity index (χ4n) is 1.77. The van der Waals surface area contributed by atoms with Crippen LogP contribution in [0, 0.1) is 11.3 Å². The summed E-state index contributed by atoms with van der Waals surface area (Å²) in [6, 6.07) is 14.1. The third-order valence-corrected chi connectivity index (χ3v) is 3.34. The minimum absolute atomic E-state index is 0.475. The summed E-state index contributed by atoms with van der Waals surface area (Å²) in [4.78, 5) is 0. The summed E-state index contributed by atoms with van der Waals surface area (Å²) in [7, 11) is 1.55. The molecule has 2 aromatic carbocycles. The number of nitrogens with one attached hydrogen (secondary N) is 1. The van der Waals surface area contributed by atoms with Crippen LogP contribution in [0.5, 0.6) is 5.75 Å². The molecule has 0 aromatic heterocycles. The second kappa shape index (κ2) is 6.51. The molecule has 2 aromatic rings. The summed E-state index contributed by atoms with van der Waals surface area (Å²) in [6.07, 6.45) is 0. The molecular formula is C15H12Cl2N2O. The predicted octanol–water partition coefficient (Wildman–Crippen LogP) is 4.68. The lowest BCUT2D eigenvalue weighted by molar-refractivity contribution is 0.415. The zero-order valence-corrected chi connectivity index (χ0v) is 12.2. The molecule has 0 aliphatic heterocycles. The van der Waals surface area contributed by atoms with Crippen LogP contribution in [0.15, 0.2) is 42.5 Å². The quantitative estimate of drug-likeness (QED) is 0.892. The molecule has 1 atom stereocenters. The third kappa shape index (κ3) is 3.36. The lowest BCUT2D eigenvalue weighted by atomic mass is 10.1. The fraction of sp³-hybridized carbons (Fsp3) is 0.133. The topological polar surface area (TPSA) is 45.0 Å². The maximum Gasteiger partial charge on any atom is 0.140 e. The number of nitriles is 1. The van der Waals surface area contributed by atoms with E-state index in [0.717, 1.165) is 11.3 Å². The molecule has 0 bridgehead atoms. The molecule has 2 rings (SSSR count). The van der Waals surface area contributed by atoms with Gasteiger partial charge >= 0.3 is 0 Å². The van der Waals surface area contributed by atoms with Gasteiger partial charge in [-0.1, -0.05) is 29.3 Å². The van der Waals surface area contributed by atoms with E-state index < -0.39 is 6.04 Å². The first kappa shape index (κ1) is 14.5. The molecule has 0 aliphatic rings. The van der Waals surface area contributed by atoms with Crippen LogP contribution in [0.25, 0.3) is 0 Å². The number of nitrogens with zero attached hydrogens (tertiary/aromatic N) is 1. The molecule has 3 nitrogen and oxygen atoms in total. The van der Waals surface area contributed by atoms with Gasteiger partial charge in [0.1, 0.15) is 11.8 Å². The van der Waals surface area contributed by atoms with Gasteiger partial charge in [0.2, 0.25) is 0 Å². The van der Waals surface area contributed by atoms with E-state index in [1.165, 1.54) is 0 Å². The summed E-state index contributed by atoms with van der Waals surface area (Å²) in [6.45, 7) is 0. The minimum Gasteiger partial charge on any atom is -0.495 e. The smallest absolute Gasteiger partial charge is 0.140 e. The van der Waals surface area contributed by atoms with Gasteiger partial charge in [-0.15, -0.1) is 0 Å². The van der Waals surface area contributed by atoms with Crippen LogP contribution < -0.4 is 10.1 Å². The summed E-state index contributed by atoms with van der Waals surface area (Å²) >= 11 is 11.9. The van der Waals surface area contributed by atoms with Gasteiger partial charge in [-0.25, -0.2) is 0 Å². The van der Waals surface area contributed by atoms with Crippen molar-refractivity contribution >= 4 is 28.9 Å². The monoisotopic (exact) mass is 306 g/mol. The molecule has 0 fully saturated rings. The van der Waals surface area contributed by atoms with Crippen LogP contribution in [-0.2, 0) is 0 Å². The minimum atomic E-state index is -0.500. The van der Waals surface area contributed by atoms with E-state index in [-0.39, 0.29) is 0 Å². The van der Waals surface area contributed by atoms with Crippen molar-refractivity contribution < 1.29 is 4.74 Å². The number of hydrogen-bond acceptors (Lipinski definition) is 3. The zero-order valence-electron chi connectivity index (χ0n) is 10.7. The SMILES string of the molecule is COc1ccc(C(C#N)Nc2ccc(Cl)cc2)cc1Cl. The van der Waals surface area contributed by atoms with E-state index >= 15 is 0 Å². The van der Waals surface area contributed by atoms with Gasteiger partial charge in [-0.2, -0.15) is 5.26 Å². The Hall–Kier alpha value is -1.89. The van der Waals surface area contributed by atoms with E-state index in [4.69, 9.17) is 27.9 Å². The molecule has 0 aliphatic carbocycles. The van der Waals surface area contributed by atoms with Gasteiger partial charge in [0.25, 0.3) is 0 Å². The lowest BCUT2D eigenvalue weighted by Crippen LogP contribution is -2.08. The van der Waals surface area contributed by atoms with Crippen molar-refractivity contribution in [2.24, 2.45) is 0 Å². The van der Waals surface area contributed by atoms with Crippen LogP contribution in [-0.4, -0.2) is 7.11 Å². The maximum atomic E-state index is 9.30. The van der Waals surface area contributed by atoms with Crippen molar-refractivity contribution in [1.82, 2.24) is 0 Å². The third-order valence-electron chi connectivity index (χ3n) is 2.79. The normalized spacial score (nSPS) is 11.5. The van der Waals surface area contributed by atoms with Gasteiger partial charge in [-0.3, -0.25) is 0 Å². The Kier molecular flexibility index (Phi) is 4.73. The van der Waals surface area contributed by atoms with Crippen LogP contribution in [0.1, 0.15) is 11.6 Å². The summed E-state index contributed by atoms with van der Waals surface area (Å²) in [5.74, 6) is 0.582. The summed E-state index contributed by atoms with van der Waals surface area (Å²) < 4.78 is 5.09. The molecule has 0 amide bonds. The molecule has 0 saturated carbocycles. The van der Waals surface area contributed by atoms with Gasteiger partial charge in [0.05, 0.1) is 18.2 Å². The Morgan fingerprint density at radius 1 is 1.15 bits per heavy atom. The van der Waals surface area contributed by atoms with E-state index in [1.54, 1.807) is 31.4 Å². The second-order valence-corrected chi connectivity index (χ2v) is 4.95. The first-order valence-electron chi connectivity index (χ1n) is 5.89. The molecule has 102 valence electrons. The van der Waals surface area contributed by atoms with Gasteiger partial charge in [0, 0.05) is 10.7 Å². The zero-order chi connectivity index (χ0) is 14.5. The number of halogens is 2. The van der Waals surface area contributed by atoms with E-state index in [9.17, 15) is 5.26 Å².